The van der Waals surface area contributed by atoms with Gasteiger partial charge in [-0.05, 0) is 125 Å². The Bertz CT molecular complexity index is 5110. The van der Waals surface area contributed by atoms with Crippen LogP contribution in [0.25, 0.3) is 86.2 Å². The summed E-state index contributed by atoms with van der Waals surface area (Å²) < 4.78 is 209. The maximum atomic E-state index is 10.8. The average molecular weight is 864 g/mol. The summed E-state index contributed by atoms with van der Waals surface area (Å²) in [7, 11) is 0. The van der Waals surface area contributed by atoms with Crippen molar-refractivity contribution in [2.24, 2.45) is 0 Å². The smallest absolute Gasteiger partial charge is 0.0726 e. The van der Waals surface area contributed by atoms with E-state index in [1.807, 2.05) is 54.6 Å². The Balaban J connectivity index is 1.13. The summed E-state index contributed by atoms with van der Waals surface area (Å²) in [4.78, 5) is 1.04. The zero-order chi connectivity index (χ0) is 61.8. The lowest BCUT2D eigenvalue weighted by atomic mass is 9.70. The maximum Gasteiger partial charge on any atom is 0.0726 e. The molecule has 0 aliphatic heterocycles. The summed E-state index contributed by atoms with van der Waals surface area (Å²) in [5.74, 6) is 0. The average Bonchev–Trinajstić information content (AvgIpc) is 1.48. The molecule has 0 bridgehead atoms. The van der Waals surface area contributed by atoms with E-state index in [9.17, 15) is 16.4 Å². The Hall–Kier alpha value is -8.04. The third-order valence-electron chi connectivity index (χ3n) is 12.6. The zero-order valence-corrected chi connectivity index (χ0v) is 34.5. The van der Waals surface area contributed by atoms with Crippen LogP contribution in [0.15, 0.2) is 236 Å². The van der Waals surface area contributed by atoms with Crippen molar-refractivity contribution in [3.8, 4) is 44.5 Å². The van der Waals surface area contributed by atoms with Gasteiger partial charge >= 0.3 is 0 Å². The molecule has 11 aromatic carbocycles. The number of fused-ring (bicyclic) bond motifs is 15. The quantitative estimate of drug-likeness (QED) is 0.167. The number of rotatable bonds is 5. The van der Waals surface area contributed by atoms with E-state index in [-0.39, 0.29) is 5.69 Å². The molecule has 0 N–H and O–H groups in total. The summed E-state index contributed by atoms with van der Waals surface area (Å²) in [6.07, 6.45) is 0. The van der Waals surface area contributed by atoms with Crippen LogP contribution in [0.2, 0.25) is 0 Å². The first-order chi connectivity index (χ1) is 41.4. The van der Waals surface area contributed by atoms with E-state index in [0.29, 0.717) is 5.56 Å². The normalized spacial score (nSPS) is 17.8. The molecule has 2 aliphatic carbocycles. The van der Waals surface area contributed by atoms with Gasteiger partial charge in [0.05, 0.1) is 35.6 Å². The predicted molar refractivity (Wildman–Crippen MR) is 276 cm³/mol. The third-order valence-corrected chi connectivity index (χ3v) is 13.8. The van der Waals surface area contributed by atoms with Crippen molar-refractivity contribution >= 4 is 70.1 Å². The second kappa shape index (κ2) is 14.0. The lowest BCUT2D eigenvalue weighted by Crippen LogP contribution is -2.26. The van der Waals surface area contributed by atoms with Gasteiger partial charge < -0.3 is 4.90 Å². The molecule has 2 aliphatic rings. The minimum absolute atomic E-state index is 0.0551. The molecule has 0 amide bonds. The van der Waals surface area contributed by atoms with Gasteiger partial charge in [-0.3, -0.25) is 0 Å². The second-order valence-corrected chi connectivity index (χ2v) is 16.9. The highest BCUT2D eigenvalue weighted by atomic mass is 32.1. The van der Waals surface area contributed by atoms with Gasteiger partial charge in [-0.1, -0.05) is 194 Å². The van der Waals surface area contributed by atoms with Gasteiger partial charge in [-0.25, -0.2) is 0 Å². The number of hydrogen-bond acceptors (Lipinski definition) is 2. The van der Waals surface area contributed by atoms with Crippen molar-refractivity contribution in [2.45, 2.75) is 5.41 Å². The topological polar surface area (TPSA) is 3.24 Å². The Labute approximate surface area is 412 Å². The molecule has 0 saturated heterocycles. The second-order valence-electron chi connectivity index (χ2n) is 15.8. The fourth-order valence-electron chi connectivity index (χ4n) is 9.86. The minimum atomic E-state index is -2.75. The number of hydrogen-bond donors (Lipinski definition) is 0. The molecule has 1 aromatic heterocycles. The molecule has 0 unspecified atom stereocenters. The number of thiophene rings is 1. The first-order valence-electron chi connectivity index (χ1n) is 31.7. The molecule has 0 radical (unpaired) electrons. The summed E-state index contributed by atoms with van der Waals surface area (Å²) >= 11 is 1.65. The van der Waals surface area contributed by atoms with Gasteiger partial charge in [0.25, 0.3) is 0 Å². The van der Waals surface area contributed by atoms with Crippen LogP contribution in [0.5, 0.6) is 0 Å². The van der Waals surface area contributed by atoms with Crippen molar-refractivity contribution in [3.05, 3.63) is 258 Å². The van der Waals surface area contributed by atoms with Crippen LogP contribution in [0.3, 0.4) is 0 Å². The predicted octanol–water partition coefficient (Wildman–Crippen LogP) is 17.5. The molecule has 1 nitrogen and oxygen atoms in total. The van der Waals surface area contributed by atoms with Crippen LogP contribution in [0.4, 0.5) is 17.1 Å². The van der Waals surface area contributed by atoms with Crippen molar-refractivity contribution < 1.29 is 30.2 Å². The Morgan fingerprint density at radius 3 is 1.72 bits per heavy atom. The first-order valence-corrected chi connectivity index (χ1v) is 21.5. The SMILES string of the molecule is [2H]c1c([2H])c([2H])c2c(c1[2H])-c1c([2H])c([2H])c([2H])c([2H])c1C21c2c([2H])c([2H])c([2H])c([2H])c2-c2c([2H])c([2H])c(N(c3ccc(-c4ccc5ccccc5c4-c4cccc5c4sc4ccccc45)cc3)c3c([2H])c([2H])c4c([2H])c([2H])c([2H])c([2H])c4c3[2H])c([2H])c21. The monoisotopic (exact) mass is 863 g/mol. The van der Waals surface area contributed by atoms with E-state index in [4.69, 9.17) is 13.7 Å². The van der Waals surface area contributed by atoms with Crippen LogP contribution in [-0.4, -0.2) is 0 Å². The fourth-order valence-corrected chi connectivity index (χ4v) is 11.1. The molecule has 2 heteroatoms. The Kier molecular flexibility index (Phi) is 4.54. The van der Waals surface area contributed by atoms with Gasteiger partial charge in [-0.15, -0.1) is 11.3 Å². The van der Waals surface area contributed by atoms with Crippen molar-refractivity contribution in [1.29, 1.82) is 0 Å². The van der Waals surface area contributed by atoms with E-state index in [0.717, 1.165) is 52.5 Å². The van der Waals surface area contributed by atoms with Gasteiger partial charge in [0, 0.05) is 42.8 Å². The molecular weight excluding hydrogens is 803 g/mol. The molecule has 302 valence electrons. The lowest BCUT2D eigenvalue weighted by Gasteiger charge is -2.32. The van der Waals surface area contributed by atoms with Gasteiger partial charge in [0.15, 0.2) is 0 Å². The Morgan fingerprint density at radius 2 is 0.969 bits per heavy atom. The molecule has 1 spiro atoms. The van der Waals surface area contributed by atoms with Gasteiger partial charge in [0.2, 0.25) is 0 Å². The summed E-state index contributed by atoms with van der Waals surface area (Å²) in [6, 6.07) is 14.5. The van der Waals surface area contributed by atoms with Crippen LogP contribution >= 0.6 is 11.3 Å². The lowest BCUT2D eigenvalue weighted by molar-refractivity contribution is 0.793. The standard InChI is InChI=1S/C63H39NS/c1-2-16-43-38-45(34-28-40(43)14-1)64(46-35-37-52-51-20-7-11-26-58(51)63(59(52)39-46)56-24-9-5-18-49(56)50-19-6-10-25-57(50)63)44-32-29-42(30-33-44)48-36-31-41-15-3-4-17-47(41)61(48)55-23-13-22-54-53-21-8-12-27-60(53)65-62(54)55/h1-39H/i1D,2D,5D,6D,7D,9D,10D,11D,14D,16D,18D,19D,20D,24D,25D,26D,28D,34D,35D,37D,38D,39D. The van der Waals surface area contributed by atoms with E-state index in [2.05, 4.69) is 24.3 Å². The summed E-state index contributed by atoms with van der Waals surface area (Å²) in [5.41, 5.74) is -5.08. The third kappa shape index (κ3) is 5.20. The van der Waals surface area contributed by atoms with Crippen molar-refractivity contribution in [1.82, 2.24) is 0 Å². The van der Waals surface area contributed by atoms with Crippen LogP contribution in [0, 0.1) is 0 Å². The molecule has 65 heavy (non-hydrogen) atoms. The molecule has 14 rings (SSSR count). The van der Waals surface area contributed by atoms with Crippen LogP contribution in [0.1, 0.15) is 52.4 Å². The first kappa shape index (κ1) is 21.1. The number of benzene rings is 11. The molecule has 12 aromatic rings. The molecule has 0 saturated carbocycles. The maximum absolute atomic E-state index is 10.8. The molecule has 0 atom stereocenters. The zero-order valence-electron chi connectivity index (χ0n) is 55.7. The van der Waals surface area contributed by atoms with Crippen molar-refractivity contribution in [2.75, 3.05) is 4.90 Å². The number of nitrogens with zero attached hydrogens (tertiary/aromatic N) is 1. The van der Waals surface area contributed by atoms with E-state index >= 15 is 0 Å². The highest BCUT2D eigenvalue weighted by Crippen LogP contribution is 2.63. The van der Waals surface area contributed by atoms with E-state index < -0.39 is 205 Å². The van der Waals surface area contributed by atoms with E-state index in [1.54, 1.807) is 23.5 Å². The van der Waals surface area contributed by atoms with Gasteiger partial charge in [0.1, 0.15) is 0 Å². The molecule has 0 fully saturated rings. The van der Waals surface area contributed by atoms with Gasteiger partial charge in [-0.2, -0.15) is 0 Å². The Morgan fingerprint density at radius 1 is 0.369 bits per heavy atom. The van der Waals surface area contributed by atoms with E-state index in [1.165, 1.54) is 12.1 Å². The molecular formula is C63H39NS. The summed E-state index contributed by atoms with van der Waals surface area (Å²) in [5, 5.41) is 3.01. The number of anilines is 3. The van der Waals surface area contributed by atoms with Crippen LogP contribution < -0.4 is 4.90 Å². The summed E-state index contributed by atoms with van der Waals surface area (Å²) in [6.45, 7) is 0. The minimum Gasteiger partial charge on any atom is -0.310 e. The highest BCUT2D eigenvalue weighted by Gasteiger charge is 2.51. The fraction of sp³-hybridized carbons (Fsp3) is 0.0159. The van der Waals surface area contributed by atoms with Crippen molar-refractivity contribution in [3.63, 3.8) is 0 Å². The molecule has 1 heterocycles. The largest absolute Gasteiger partial charge is 0.310 e. The van der Waals surface area contributed by atoms with Crippen LogP contribution in [-0.2, 0) is 5.41 Å². The highest BCUT2D eigenvalue weighted by molar-refractivity contribution is 7.26.